The van der Waals surface area contributed by atoms with Crippen LogP contribution in [0.4, 0.5) is 0 Å². The minimum Gasteiger partial charge on any atom is -0.491 e. The third-order valence-corrected chi connectivity index (χ3v) is 3.47. The smallest absolute Gasteiger partial charge is 0.119 e. The molecule has 0 N–H and O–H groups in total. The van der Waals surface area contributed by atoms with Gasteiger partial charge in [-0.2, -0.15) is 0 Å². The van der Waals surface area contributed by atoms with Crippen molar-refractivity contribution >= 4 is 22.1 Å². The molecule has 114 valence electrons. The number of para-hydroxylation sites is 1. The number of aliphatic imine (C=N–C) groups is 1. The van der Waals surface area contributed by atoms with Gasteiger partial charge in [0.15, 0.2) is 0 Å². The van der Waals surface area contributed by atoms with Crippen LogP contribution in [0.25, 0.3) is 0 Å². The zero-order chi connectivity index (χ0) is 14.8. The van der Waals surface area contributed by atoms with E-state index in [2.05, 4.69) is 27.0 Å². The van der Waals surface area contributed by atoms with Gasteiger partial charge >= 0.3 is 0 Å². The molecule has 1 aliphatic rings. The zero-order valence-electron chi connectivity index (χ0n) is 11.9. The minimum absolute atomic E-state index is 0.217. The van der Waals surface area contributed by atoms with Crippen molar-refractivity contribution in [2.45, 2.75) is 11.4 Å². The Morgan fingerprint density at radius 1 is 1.05 bits per heavy atom. The molecule has 1 aromatic carbocycles. The summed E-state index contributed by atoms with van der Waals surface area (Å²) in [5.41, 5.74) is 1.12. The van der Waals surface area contributed by atoms with Gasteiger partial charge < -0.3 is 14.2 Å². The van der Waals surface area contributed by atoms with E-state index in [0.717, 1.165) is 17.7 Å². The van der Waals surface area contributed by atoms with Gasteiger partial charge in [-0.15, -0.1) is 0 Å². The first-order valence-electron chi connectivity index (χ1n) is 7.04. The number of ether oxygens (including phenoxy) is 3. The monoisotopic (exact) mass is 353 g/mol. The van der Waals surface area contributed by atoms with Crippen molar-refractivity contribution in [2.24, 2.45) is 4.99 Å². The average molecular weight is 354 g/mol. The molecular weight excluding hydrogens is 334 g/mol. The molecule has 1 unspecified atom stereocenters. The number of alkyl halides is 1. The number of rotatable bonds is 9. The highest BCUT2D eigenvalue weighted by atomic mass is 79.9. The second-order valence-corrected chi connectivity index (χ2v) is 5.61. The summed E-state index contributed by atoms with van der Waals surface area (Å²) in [6.45, 7) is 2.85. The molecule has 21 heavy (non-hydrogen) atoms. The summed E-state index contributed by atoms with van der Waals surface area (Å²) in [4.78, 5) is 4.49. The van der Waals surface area contributed by atoms with Gasteiger partial charge in [0.25, 0.3) is 0 Å². The molecule has 0 aromatic heterocycles. The summed E-state index contributed by atoms with van der Waals surface area (Å²) in [5.74, 6) is 0.867. The summed E-state index contributed by atoms with van der Waals surface area (Å²) in [6, 6.07) is 9.72. The highest BCUT2D eigenvalue weighted by Crippen LogP contribution is 2.13. The maximum Gasteiger partial charge on any atom is 0.119 e. The van der Waals surface area contributed by atoms with E-state index in [1.165, 1.54) is 0 Å². The van der Waals surface area contributed by atoms with Crippen molar-refractivity contribution in [3.05, 3.63) is 42.0 Å². The molecule has 0 saturated carbocycles. The molecule has 4 nitrogen and oxygen atoms in total. The van der Waals surface area contributed by atoms with E-state index < -0.39 is 0 Å². The first-order chi connectivity index (χ1) is 10.3. The molecular formula is C16H20BrNO3. The molecule has 0 fully saturated rings. The Bertz CT molecular complexity index is 462. The quantitative estimate of drug-likeness (QED) is 0.388. The number of hydrogen-bond acceptors (Lipinski definition) is 4. The topological polar surface area (TPSA) is 40.0 Å². The fourth-order valence-electron chi connectivity index (χ4n) is 1.78. The molecule has 5 heteroatoms. The van der Waals surface area contributed by atoms with Crippen LogP contribution in [-0.2, 0) is 9.47 Å². The molecule has 1 heterocycles. The molecule has 1 aliphatic heterocycles. The number of benzene rings is 1. The van der Waals surface area contributed by atoms with Crippen LogP contribution in [0.3, 0.4) is 0 Å². The standard InChI is InChI=1S/C16H20BrNO3/c17-16-7-6-14(12-18-16)13-20-9-8-19-10-11-21-15-4-2-1-3-5-15/h1-6,12,16H,7-11,13H2. The SMILES string of the molecule is BrC1CC=C(COCCOCCOc2ccccc2)C=N1. The fourth-order valence-corrected chi connectivity index (χ4v) is 2.09. The van der Waals surface area contributed by atoms with Gasteiger partial charge in [-0.3, -0.25) is 4.99 Å². The average Bonchev–Trinajstić information content (AvgIpc) is 2.53. The number of nitrogens with zero attached hydrogens (tertiary/aromatic N) is 1. The number of hydrogen-bond donors (Lipinski definition) is 0. The Labute approximate surface area is 133 Å². The van der Waals surface area contributed by atoms with Crippen molar-refractivity contribution in [3.8, 4) is 5.75 Å². The predicted octanol–water partition coefficient (Wildman–Crippen LogP) is 3.22. The molecule has 0 aliphatic carbocycles. The second kappa shape index (κ2) is 9.71. The van der Waals surface area contributed by atoms with E-state index in [1.807, 2.05) is 36.5 Å². The first kappa shape index (κ1) is 16.2. The minimum atomic E-state index is 0.217. The lowest BCUT2D eigenvalue weighted by atomic mass is 10.2. The fraction of sp³-hybridized carbons (Fsp3) is 0.438. The lowest BCUT2D eigenvalue weighted by molar-refractivity contribution is 0.0440. The first-order valence-corrected chi connectivity index (χ1v) is 7.96. The van der Waals surface area contributed by atoms with Gasteiger partial charge in [0, 0.05) is 6.21 Å². The van der Waals surface area contributed by atoms with Crippen molar-refractivity contribution in [3.63, 3.8) is 0 Å². The predicted molar refractivity (Wildman–Crippen MR) is 87.5 cm³/mol. The zero-order valence-corrected chi connectivity index (χ0v) is 13.5. The van der Waals surface area contributed by atoms with Crippen LogP contribution in [0.2, 0.25) is 0 Å². The van der Waals surface area contributed by atoms with E-state index in [0.29, 0.717) is 33.0 Å². The molecule has 0 bridgehead atoms. The molecule has 2 rings (SSSR count). The van der Waals surface area contributed by atoms with Crippen LogP contribution >= 0.6 is 15.9 Å². The van der Waals surface area contributed by atoms with Gasteiger partial charge in [0.1, 0.15) is 17.3 Å². The van der Waals surface area contributed by atoms with Crippen molar-refractivity contribution in [1.29, 1.82) is 0 Å². The molecule has 1 atom stereocenters. The van der Waals surface area contributed by atoms with Gasteiger partial charge in [0.05, 0.1) is 26.4 Å². The Kier molecular flexibility index (Phi) is 7.49. The Morgan fingerprint density at radius 2 is 1.81 bits per heavy atom. The van der Waals surface area contributed by atoms with E-state index in [4.69, 9.17) is 14.2 Å². The van der Waals surface area contributed by atoms with Crippen molar-refractivity contribution in [2.75, 3.05) is 33.0 Å². The van der Waals surface area contributed by atoms with Gasteiger partial charge in [-0.05, 0) is 24.1 Å². The van der Waals surface area contributed by atoms with Gasteiger partial charge in [-0.25, -0.2) is 0 Å². The summed E-state index contributed by atoms with van der Waals surface area (Å²) < 4.78 is 16.5. The highest BCUT2D eigenvalue weighted by Gasteiger charge is 2.05. The highest BCUT2D eigenvalue weighted by molar-refractivity contribution is 9.09. The van der Waals surface area contributed by atoms with Crippen LogP contribution in [-0.4, -0.2) is 44.2 Å². The summed E-state index contributed by atoms with van der Waals surface area (Å²) in [7, 11) is 0. The Balaban J connectivity index is 1.43. The summed E-state index contributed by atoms with van der Waals surface area (Å²) >= 11 is 3.43. The van der Waals surface area contributed by atoms with E-state index in [1.54, 1.807) is 0 Å². The van der Waals surface area contributed by atoms with Crippen LogP contribution < -0.4 is 4.74 Å². The maximum absolute atomic E-state index is 5.53. The lowest BCUT2D eigenvalue weighted by Crippen LogP contribution is -2.12. The lowest BCUT2D eigenvalue weighted by Gasteiger charge is -2.11. The number of dihydropyridines is 1. The third-order valence-electron chi connectivity index (χ3n) is 2.86. The van der Waals surface area contributed by atoms with Crippen LogP contribution in [0.1, 0.15) is 6.42 Å². The molecule has 0 saturated heterocycles. The molecule has 0 amide bonds. The van der Waals surface area contributed by atoms with Crippen LogP contribution in [0, 0.1) is 0 Å². The molecule has 0 spiro atoms. The van der Waals surface area contributed by atoms with Crippen molar-refractivity contribution in [1.82, 2.24) is 0 Å². The second-order valence-electron chi connectivity index (χ2n) is 4.55. The van der Waals surface area contributed by atoms with Gasteiger partial charge in [-0.1, -0.05) is 40.2 Å². The van der Waals surface area contributed by atoms with Crippen molar-refractivity contribution < 1.29 is 14.2 Å². The van der Waals surface area contributed by atoms with E-state index in [-0.39, 0.29) is 4.95 Å². The normalized spacial score (nSPS) is 17.6. The van der Waals surface area contributed by atoms with Gasteiger partial charge in [0.2, 0.25) is 0 Å². The largest absolute Gasteiger partial charge is 0.491 e. The van der Waals surface area contributed by atoms with E-state index in [9.17, 15) is 0 Å². The maximum atomic E-state index is 5.53. The summed E-state index contributed by atoms with van der Waals surface area (Å²) in [5, 5.41) is 0. The van der Waals surface area contributed by atoms with Crippen LogP contribution in [0.15, 0.2) is 47.0 Å². The van der Waals surface area contributed by atoms with Crippen LogP contribution in [0.5, 0.6) is 5.75 Å². The Morgan fingerprint density at radius 3 is 2.57 bits per heavy atom. The third kappa shape index (κ3) is 6.89. The Hall–Kier alpha value is -1.17. The summed E-state index contributed by atoms with van der Waals surface area (Å²) in [6.07, 6.45) is 4.92. The molecule has 1 aromatic rings. The number of halogens is 1. The molecule has 0 radical (unpaired) electrons. The van der Waals surface area contributed by atoms with E-state index >= 15 is 0 Å².